The Labute approximate surface area is 87.9 Å². The normalized spacial score (nSPS) is 10.9. The number of alkyl halides is 3. The van der Waals surface area contributed by atoms with E-state index in [1.165, 1.54) is 6.07 Å². The van der Waals surface area contributed by atoms with Crippen LogP contribution in [0.15, 0.2) is 6.20 Å². The van der Waals surface area contributed by atoms with Gasteiger partial charge in [0.05, 0.1) is 18.4 Å². The minimum Gasteiger partial charge on any atom is -0.404 e. The summed E-state index contributed by atoms with van der Waals surface area (Å²) in [6, 6.07) is 1.47. The number of rotatable bonds is 2. The summed E-state index contributed by atoms with van der Waals surface area (Å²) >= 11 is 0. The number of nitrogen functional groups attached to an aromatic ring is 1. The predicted molar refractivity (Wildman–Crippen MR) is 46.0 cm³/mol. The summed E-state index contributed by atoms with van der Waals surface area (Å²) in [6.07, 6.45) is -4.13. The SMILES string of the molecule is N#Cc1cnc(N)c(CO)c1OC(F)(F)F. The van der Waals surface area contributed by atoms with Crippen LogP contribution in [0.5, 0.6) is 5.75 Å². The molecule has 0 aliphatic rings. The lowest BCUT2D eigenvalue weighted by Gasteiger charge is -2.14. The van der Waals surface area contributed by atoms with Gasteiger partial charge < -0.3 is 15.6 Å². The summed E-state index contributed by atoms with van der Waals surface area (Å²) in [7, 11) is 0. The van der Waals surface area contributed by atoms with Crippen LogP contribution in [0.1, 0.15) is 11.1 Å². The molecule has 16 heavy (non-hydrogen) atoms. The number of hydrogen-bond acceptors (Lipinski definition) is 5. The fourth-order valence-electron chi connectivity index (χ4n) is 1.01. The molecule has 0 fully saturated rings. The molecule has 1 heterocycles. The average Bonchev–Trinajstić information content (AvgIpc) is 2.16. The van der Waals surface area contributed by atoms with Crippen LogP contribution in [-0.2, 0) is 6.61 Å². The third kappa shape index (κ3) is 2.52. The first-order valence-corrected chi connectivity index (χ1v) is 3.93. The highest BCUT2D eigenvalue weighted by atomic mass is 19.4. The maximum atomic E-state index is 12.0. The number of nitriles is 1. The Kier molecular flexibility index (Phi) is 3.20. The van der Waals surface area contributed by atoms with Gasteiger partial charge in [-0.3, -0.25) is 0 Å². The molecule has 0 saturated carbocycles. The van der Waals surface area contributed by atoms with Gasteiger partial charge >= 0.3 is 6.36 Å². The van der Waals surface area contributed by atoms with Crippen molar-refractivity contribution in [1.29, 1.82) is 5.26 Å². The topological polar surface area (TPSA) is 92.2 Å². The number of hydrogen-bond donors (Lipinski definition) is 2. The molecule has 0 aliphatic carbocycles. The van der Waals surface area contributed by atoms with Gasteiger partial charge in [-0.15, -0.1) is 13.2 Å². The zero-order valence-electron chi connectivity index (χ0n) is 7.75. The molecule has 1 rings (SSSR count). The number of aliphatic hydroxyl groups excluding tert-OH is 1. The number of anilines is 1. The lowest BCUT2D eigenvalue weighted by atomic mass is 10.1. The lowest BCUT2D eigenvalue weighted by Crippen LogP contribution is -2.19. The molecule has 0 aromatic carbocycles. The van der Waals surface area contributed by atoms with Crippen molar-refractivity contribution in [1.82, 2.24) is 4.98 Å². The number of aliphatic hydroxyl groups is 1. The van der Waals surface area contributed by atoms with Gasteiger partial charge in [-0.25, -0.2) is 4.98 Å². The number of nitrogens with two attached hydrogens (primary N) is 1. The summed E-state index contributed by atoms with van der Waals surface area (Å²) < 4.78 is 39.7. The highest BCUT2D eigenvalue weighted by Gasteiger charge is 2.34. The summed E-state index contributed by atoms with van der Waals surface area (Å²) in [4.78, 5) is 3.46. The van der Waals surface area contributed by atoms with Gasteiger partial charge in [-0.1, -0.05) is 0 Å². The van der Waals surface area contributed by atoms with Crippen molar-refractivity contribution in [2.24, 2.45) is 0 Å². The van der Waals surface area contributed by atoms with Gasteiger partial charge in [0.2, 0.25) is 0 Å². The Balaban J connectivity index is 3.32. The van der Waals surface area contributed by atoms with Crippen molar-refractivity contribution in [2.75, 3.05) is 5.73 Å². The second-order valence-corrected chi connectivity index (χ2v) is 2.68. The van der Waals surface area contributed by atoms with Crippen LogP contribution in [0.2, 0.25) is 0 Å². The highest BCUT2D eigenvalue weighted by Crippen LogP contribution is 2.31. The quantitative estimate of drug-likeness (QED) is 0.792. The van der Waals surface area contributed by atoms with Crippen molar-refractivity contribution in [3.63, 3.8) is 0 Å². The van der Waals surface area contributed by atoms with Crippen LogP contribution in [0.3, 0.4) is 0 Å². The first-order valence-electron chi connectivity index (χ1n) is 3.93. The molecule has 3 N–H and O–H groups in total. The molecule has 0 aliphatic heterocycles. The maximum Gasteiger partial charge on any atom is 0.573 e. The smallest absolute Gasteiger partial charge is 0.404 e. The molecule has 5 nitrogen and oxygen atoms in total. The number of pyridine rings is 1. The maximum absolute atomic E-state index is 12.0. The third-order valence-corrected chi connectivity index (χ3v) is 1.66. The molecule has 0 amide bonds. The van der Waals surface area contributed by atoms with E-state index in [-0.39, 0.29) is 11.4 Å². The molecule has 8 heteroatoms. The van der Waals surface area contributed by atoms with Gasteiger partial charge in [0.25, 0.3) is 0 Å². The second-order valence-electron chi connectivity index (χ2n) is 2.68. The molecule has 0 radical (unpaired) electrons. The monoisotopic (exact) mass is 233 g/mol. The average molecular weight is 233 g/mol. The molecule has 0 saturated heterocycles. The lowest BCUT2D eigenvalue weighted by molar-refractivity contribution is -0.275. The minimum atomic E-state index is -4.97. The van der Waals surface area contributed by atoms with Gasteiger partial charge in [0.1, 0.15) is 17.5 Å². The van der Waals surface area contributed by atoms with Crippen LogP contribution < -0.4 is 10.5 Å². The van der Waals surface area contributed by atoms with E-state index in [0.29, 0.717) is 0 Å². The molecule has 0 atom stereocenters. The number of halogens is 3. The van der Waals surface area contributed by atoms with Crippen molar-refractivity contribution >= 4 is 5.82 Å². The molecule has 0 unspecified atom stereocenters. The Bertz CT molecular complexity index is 439. The van der Waals surface area contributed by atoms with E-state index >= 15 is 0 Å². The summed E-state index contributed by atoms with van der Waals surface area (Å²) in [5, 5.41) is 17.4. The first kappa shape index (κ1) is 12.1. The van der Waals surface area contributed by atoms with Crippen LogP contribution in [0, 0.1) is 11.3 Å². The summed E-state index contributed by atoms with van der Waals surface area (Å²) in [6.45, 7) is -0.806. The molecule has 1 aromatic rings. The van der Waals surface area contributed by atoms with Crippen molar-refractivity contribution in [2.45, 2.75) is 13.0 Å². The predicted octanol–water partition coefficient (Wildman–Crippen LogP) is 0.926. The van der Waals surface area contributed by atoms with Crippen molar-refractivity contribution in [3.05, 3.63) is 17.3 Å². The highest BCUT2D eigenvalue weighted by molar-refractivity contribution is 5.55. The third-order valence-electron chi connectivity index (χ3n) is 1.66. The number of aromatic nitrogens is 1. The van der Waals surface area contributed by atoms with Gasteiger partial charge in [0.15, 0.2) is 5.75 Å². The molecular formula is C8H6F3N3O2. The van der Waals surface area contributed by atoms with E-state index < -0.39 is 24.3 Å². The van der Waals surface area contributed by atoms with Gasteiger partial charge in [-0.2, -0.15) is 5.26 Å². The number of ether oxygens (including phenoxy) is 1. The van der Waals surface area contributed by atoms with Crippen molar-refractivity contribution < 1.29 is 23.0 Å². The zero-order chi connectivity index (χ0) is 12.3. The van der Waals surface area contributed by atoms with Crippen molar-refractivity contribution in [3.8, 4) is 11.8 Å². The van der Waals surface area contributed by atoms with E-state index in [9.17, 15) is 13.2 Å². The van der Waals surface area contributed by atoms with E-state index in [0.717, 1.165) is 6.20 Å². The van der Waals surface area contributed by atoms with Crippen LogP contribution in [-0.4, -0.2) is 16.5 Å². The standard InChI is InChI=1S/C8H6F3N3O2/c9-8(10,11)16-6-4(1-12)2-14-7(13)5(6)3-15/h2,15H,3H2,(H2,13,14). The Morgan fingerprint density at radius 1 is 1.56 bits per heavy atom. The first-order chi connectivity index (χ1) is 7.39. The van der Waals surface area contributed by atoms with Crippen LogP contribution >= 0.6 is 0 Å². The Morgan fingerprint density at radius 3 is 2.62 bits per heavy atom. The van der Waals surface area contributed by atoms with Gasteiger partial charge in [0, 0.05) is 0 Å². The minimum absolute atomic E-state index is 0.319. The summed E-state index contributed by atoms with van der Waals surface area (Å²) in [5.41, 5.74) is 4.43. The fourth-order valence-corrected chi connectivity index (χ4v) is 1.01. The van der Waals surface area contributed by atoms with Crippen LogP contribution in [0.25, 0.3) is 0 Å². The molecular weight excluding hydrogens is 227 g/mol. The molecule has 0 spiro atoms. The zero-order valence-corrected chi connectivity index (χ0v) is 7.75. The van der Waals surface area contributed by atoms with E-state index in [1.54, 1.807) is 0 Å². The van der Waals surface area contributed by atoms with E-state index in [2.05, 4.69) is 9.72 Å². The fraction of sp³-hybridized carbons (Fsp3) is 0.250. The van der Waals surface area contributed by atoms with E-state index in [1.807, 2.05) is 0 Å². The Morgan fingerprint density at radius 2 is 2.19 bits per heavy atom. The molecule has 0 bridgehead atoms. The Hall–Kier alpha value is -2.01. The second kappa shape index (κ2) is 4.24. The summed E-state index contributed by atoms with van der Waals surface area (Å²) in [5.74, 6) is -1.13. The van der Waals surface area contributed by atoms with Crippen LogP contribution in [0.4, 0.5) is 19.0 Å². The number of nitrogens with zero attached hydrogens (tertiary/aromatic N) is 2. The molecule has 1 aromatic heterocycles. The largest absolute Gasteiger partial charge is 0.573 e. The van der Waals surface area contributed by atoms with Gasteiger partial charge in [-0.05, 0) is 0 Å². The van der Waals surface area contributed by atoms with E-state index in [4.69, 9.17) is 16.1 Å². The molecule has 86 valence electrons.